The van der Waals surface area contributed by atoms with E-state index in [1.165, 1.54) is 5.56 Å². The summed E-state index contributed by atoms with van der Waals surface area (Å²) in [7, 11) is 0. The molecule has 7 nitrogen and oxygen atoms in total. The van der Waals surface area contributed by atoms with Crippen LogP contribution in [0.1, 0.15) is 41.7 Å². The minimum atomic E-state index is 0.0367. The topological polar surface area (TPSA) is 74.3 Å². The first-order chi connectivity index (χ1) is 13.3. The van der Waals surface area contributed by atoms with Gasteiger partial charge in [0.1, 0.15) is 5.69 Å². The second-order valence-corrected chi connectivity index (χ2v) is 7.43. The van der Waals surface area contributed by atoms with Crippen molar-refractivity contribution in [3.8, 4) is 0 Å². The molecule has 2 saturated heterocycles. The number of pyridine rings is 1. The third-order valence-corrected chi connectivity index (χ3v) is 5.51. The van der Waals surface area contributed by atoms with E-state index in [-0.39, 0.29) is 12.0 Å². The molecule has 0 aliphatic carbocycles. The number of aromatic amines is 1. The Hall–Kier alpha value is -2.25. The molecular weight excluding hydrogens is 342 g/mol. The standard InChI is InChI=1S/C20H27N5O2/c26-20(19-3-9-22-23-19)25-12-6-18(7-13-25)27-17-4-10-24(11-5-17)15-16-2-1-8-21-14-16/h1-3,8-9,14,17-18H,4-7,10-13,15H2,(H,22,23). The molecule has 0 unspecified atom stereocenters. The van der Waals surface area contributed by atoms with Crippen LogP contribution in [-0.4, -0.2) is 69.3 Å². The van der Waals surface area contributed by atoms with Crippen molar-refractivity contribution >= 4 is 5.91 Å². The molecule has 144 valence electrons. The summed E-state index contributed by atoms with van der Waals surface area (Å²) in [5.74, 6) is 0.0367. The van der Waals surface area contributed by atoms with Gasteiger partial charge in [-0.15, -0.1) is 0 Å². The van der Waals surface area contributed by atoms with Gasteiger partial charge >= 0.3 is 0 Å². The van der Waals surface area contributed by atoms with E-state index in [2.05, 4.69) is 26.1 Å². The fraction of sp³-hybridized carbons (Fsp3) is 0.550. The quantitative estimate of drug-likeness (QED) is 0.874. The summed E-state index contributed by atoms with van der Waals surface area (Å²) in [6, 6.07) is 5.85. The number of rotatable bonds is 5. The Morgan fingerprint density at radius 2 is 1.81 bits per heavy atom. The molecule has 1 N–H and O–H groups in total. The predicted molar refractivity (Wildman–Crippen MR) is 101 cm³/mol. The van der Waals surface area contributed by atoms with Crippen LogP contribution in [0, 0.1) is 0 Å². The molecule has 2 fully saturated rings. The summed E-state index contributed by atoms with van der Waals surface area (Å²) in [6.07, 6.45) is 9.97. The van der Waals surface area contributed by atoms with Crippen molar-refractivity contribution in [3.05, 3.63) is 48.0 Å². The van der Waals surface area contributed by atoms with Crippen LogP contribution in [0.2, 0.25) is 0 Å². The molecule has 1 amide bonds. The van der Waals surface area contributed by atoms with E-state index >= 15 is 0 Å². The number of aromatic nitrogens is 3. The predicted octanol–water partition coefficient (Wildman–Crippen LogP) is 2.09. The first-order valence-electron chi connectivity index (χ1n) is 9.83. The van der Waals surface area contributed by atoms with Crippen molar-refractivity contribution in [2.75, 3.05) is 26.2 Å². The van der Waals surface area contributed by atoms with Crippen LogP contribution in [0.5, 0.6) is 0 Å². The maximum Gasteiger partial charge on any atom is 0.271 e. The Morgan fingerprint density at radius 1 is 1.07 bits per heavy atom. The zero-order valence-electron chi connectivity index (χ0n) is 15.6. The highest BCUT2D eigenvalue weighted by atomic mass is 16.5. The van der Waals surface area contributed by atoms with Crippen molar-refractivity contribution in [2.45, 2.75) is 44.4 Å². The summed E-state index contributed by atoms with van der Waals surface area (Å²) in [5, 5.41) is 6.61. The maximum atomic E-state index is 12.3. The van der Waals surface area contributed by atoms with Crippen molar-refractivity contribution in [2.24, 2.45) is 0 Å². The number of likely N-dealkylation sites (tertiary alicyclic amines) is 2. The number of hydrogen-bond donors (Lipinski definition) is 1. The number of carbonyl (C=O) groups is 1. The number of nitrogens with zero attached hydrogens (tertiary/aromatic N) is 4. The minimum absolute atomic E-state index is 0.0367. The second kappa shape index (κ2) is 8.63. The van der Waals surface area contributed by atoms with Gasteiger partial charge in [0.2, 0.25) is 0 Å². The van der Waals surface area contributed by atoms with Crippen LogP contribution in [0.4, 0.5) is 0 Å². The summed E-state index contributed by atoms with van der Waals surface area (Å²) >= 11 is 0. The monoisotopic (exact) mass is 369 g/mol. The lowest BCUT2D eigenvalue weighted by Crippen LogP contribution is -2.43. The van der Waals surface area contributed by atoms with Crippen LogP contribution < -0.4 is 0 Å². The van der Waals surface area contributed by atoms with Gasteiger partial charge in [0.15, 0.2) is 0 Å². The fourth-order valence-electron chi connectivity index (χ4n) is 3.97. The van der Waals surface area contributed by atoms with Gasteiger partial charge in [0.05, 0.1) is 12.2 Å². The van der Waals surface area contributed by atoms with Gasteiger partial charge in [-0.3, -0.25) is 19.8 Å². The lowest BCUT2D eigenvalue weighted by Gasteiger charge is -2.37. The summed E-state index contributed by atoms with van der Waals surface area (Å²) in [6.45, 7) is 4.60. The first-order valence-corrected chi connectivity index (χ1v) is 9.83. The zero-order valence-corrected chi connectivity index (χ0v) is 15.6. The highest BCUT2D eigenvalue weighted by Crippen LogP contribution is 2.22. The number of ether oxygens (including phenoxy) is 1. The van der Waals surface area contributed by atoms with Crippen LogP contribution in [0.15, 0.2) is 36.8 Å². The zero-order chi connectivity index (χ0) is 18.5. The third-order valence-electron chi connectivity index (χ3n) is 5.51. The summed E-state index contributed by atoms with van der Waals surface area (Å²) < 4.78 is 6.35. The molecule has 0 bridgehead atoms. The van der Waals surface area contributed by atoms with Crippen molar-refractivity contribution in [3.63, 3.8) is 0 Å². The summed E-state index contributed by atoms with van der Waals surface area (Å²) in [4.78, 5) is 20.9. The average molecular weight is 369 g/mol. The number of H-pyrrole nitrogens is 1. The molecular formula is C20H27N5O2. The molecule has 2 aliphatic rings. The lowest BCUT2D eigenvalue weighted by molar-refractivity contribution is -0.0629. The molecule has 7 heteroatoms. The molecule has 0 atom stereocenters. The normalized spacial score (nSPS) is 20.1. The van der Waals surface area contributed by atoms with E-state index in [1.807, 2.05) is 23.4 Å². The highest BCUT2D eigenvalue weighted by Gasteiger charge is 2.28. The number of amides is 1. The Bertz CT molecular complexity index is 705. The SMILES string of the molecule is O=C(c1ccn[nH]1)N1CCC(OC2CCN(Cc3cccnc3)CC2)CC1. The average Bonchev–Trinajstić information content (AvgIpc) is 3.25. The second-order valence-electron chi connectivity index (χ2n) is 7.43. The van der Waals surface area contributed by atoms with E-state index in [9.17, 15) is 4.79 Å². The summed E-state index contributed by atoms with van der Waals surface area (Å²) in [5.41, 5.74) is 1.83. The van der Waals surface area contributed by atoms with Gasteiger partial charge in [0.25, 0.3) is 5.91 Å². The Kier molecular flexibility index (Phi) is 5.79. The van der Waals surface area contributed by atoms with E-state index in [0.29, 0.717) is 11.8 Å². The number of hydrogen-bond acceptors (Lipinski definition) is 5. The lowest BCUT2D eigenvalue weighted by atomic mass is 10.0. The molecule has 2 aromatic heterocycles. The van der Waals surface area contributed by atoms with Gasteiger partial charge in [-0.05, 0) is 43.4 Å². The van der Waals surface area contributed by atoms with Gasteiger partial charge in [0, 0.05) is 51.3 Å². The van der Waals surface area contributed by atoms with Gasteiger partial charge in [-0.25, -0.2) is 0 Å². The smallest absolute Gasteiger partial charge is 0.271 e. The molecule has 27 heavy (non-hydrogen) atoms. The minimum Gasteiger partial charge on any atom is -0.375 e. The molecule has 0 saturated carbocycles. The maximum absolute atomic E-state index is 12.3. The van der Waals surface area contributed by atoms with Crippen LogP contribution in [0.25, 0.3) is 0 Å². The van der Waals surface area contributed by atoms with E-state index in [1.54, 1.807) is 12.3 Å². The number of carbonyl (C=O) groups excluding carboxylic acids is 1. The van der Waals surface area contributed by atoms with Gasteiger partial charge in [-0.2, -0.15) is 5.10 Å². The van der Waals surface area contributed by atoms with Gasteiger partial charge < -0.3 is 9.64 Å². The van der Waals surface area contributed by atoms with Crippen molar-refractivity contribution in [1.82, 2.24) is 25.0 Å². The van der Waals surface area contributed by atoms with Gasteiger partial charge in [-0.1, -0.05) is 6.07 Å². The number of nitrogens with one attached hydrogen (secondary N) is 1. The molecule has 0 aromatic carbocycles. The molecule has 2 aromatic rings. The molecule has 4 rings (SSSR count). The Balaban J connectivity index is 1.18. The highest BCUT2D eigenvalue weighted by molar-refractivity contribution is 5.92. The van der Waals surface area contributed by atoms with Crippen LogP contribution in [-0.2, 0) is 11.3 Å². The third kappa shape index (κ3) is 4.73. The van der Waals surface area contributed by atoms with Crippen LogP contribution >= 0.6 is 0 Å². The molecule has 4 heterocycles. The van der Waals surface area contributed by atoms with E-state index in [4.69, 9.17) is 4.74 Å². The largest absolute Gasteiger partial charge is 0.375 e. The van der Waals surface area contributed by atoms with Crippen LogP contribution in [0.3, 0.4) is 0 Å². The molecule has 0 spiro atoms. The van der Waals surface area contributed by atoms with Crippen molar-refractivity contribution < 1.29 is 9.53 Å². The van der Waals surface area contributed by atoms with E-state index < -0.39 is 0 Å². The molecule has 2 aliphatic heterocycles. The molecule has 0 radical (unpaired) electrons. The Morgan fingerprint density at radius 3 is 2.44 bits per heavy atom. The van der Waals surface area contributed by atoms with E-state index in [0.717, 1.165) is 58.4 Å². The number of piperidine rings is 2. The Labute approximate surface area is 159 Å². The fourth-order valence-corrected chi connectivity index (χ4v) is 3.97. The van der Waals surface area contributed by atoms with Crippen molar-refractivity contribution in [1.29, 1.82) is 0 Å². The first kappa shape index (κ1) is 18.1.